The van der Waals surface area contributed by atoms with Crippen LogP contribution in [-0.4, -0.2) is 5.11 Å². The SMILES string of the molecule is CCCCCC(C)(CCC)c1ccc(O)c(Cl)c1. The van der Waals surface area contributed by atoms with E-state index in [1.165, 1.54) is 37.7 Å². The van der Waals surface area contributed by atoms with Crippen molar-refractivity contribution in [3.63, 3.8) is 0 Å². The van der Waals surface area contributed by atoms with Crippen molar-refractivity contribution in [3.8, 4) is 5.75 Å². The number of hydrogen-bond acceptors (Lipinski definition) is 1. The summed E-state index contributed by atoms with van der Waals surface area (Å²) in [6.45, 7) is 6.77. The van der Waals surface area contributed by atoms with Crippen LogP contribution < -0.4 is 0 Å². The van der Waals surface area contributed by atoms with Crippen LogP contribution in [-0.2, 0) is 5.41 Å². The van der Waals surface area contributed by atoms with E-state index in [2.05, 4.69) is 20.8 Å². The lowest BCUT2D eigenvalue weighted by atomic mass is 9.75. The van der Waals surface area contributed by atoms with E-state index in [1.54, 1.807) is 6.07 Å². The number of unbranched alkanes of at least 4 members (excludes halogenated alkanes) is 2. The highest BCUT2D eigenvalue weighted by Gasteiger charge is 2.25. The fraction of sp³-hybridized carbons (Fsp3) is 0.625. The Balaban J connectivity index is 2.90. The summed E-state index contributed by atoms with van der Waals surface area (Å²) in [5.41, 5.74) is 1.43. The highest BCUT2D eigenvalue weighted by atomic mass is 35.5. The summed E-state index contributed by atoms with van der Waals surface area (Å²) in [4.78, 5) is 0. The maximum absolute atomic E-state index is 9.52. The van der Waals surface area contributed by atoms with Gasteiger partial charge < -0.3 is 5.11 Å². The normalized spacial score (nSPS) is 14.4. The molecule has 18 heavy (non-hydrogen) atoms. The molecule has 1 aromatic rings. The molecule has 1 unspecified atom stereocenters. The summed E-state index contributed by atoms with van der Waals surface area (Å²) < 4.78 is 0. The van der Waals surface area contributed by atoms with Crippen molar-refractivity contribution in [2.75, 3.05) is 0 Å². The number of phenols is 1. The highest BCUT2D eigenvalue weighted by Crippen LogP contribution is 2.37. The van der Waals surface area contributed by atoms with E-state index < -0.39 is 0 Å². The van der Waals surface area contributed by atoms with Crippen molar-refractivity contribution in [3.05, 3.63) is 28.8 Å². The Morgan fingerprint density at radius 2 is 1.83 bits per heavy atom. The summed E-state index contributed by atoms with van der Waals surface area (Å²) in [6.07, 6.45) is 7.31. The highest BCUT2D eigenvalue weighted by molar-refractivity contribution is 6.32. The van der Waals surface area contributed by atoms with Crippen molar-refractivity contribution >= 4 is 11.6 Å². The van der Waals surface area contributed by atoms with Gasteiger partial charge in [-0.25, -0.2) is 0 Å². The molecule has 1 atom stereocenters. The zero-order valence-corrected chi connectivity index (χ0v) is 12.6. The number of hydrogen-bond donors (Lipinski definition) is 1. The van der Waals surface area contributed by atoms with Gasteiger partial charge in [0.25, 0.3) is 0 Å². The van der Waals surface area contributed by atoms with Crippen LogP contribution >= 0.6 is 11.6 Å². The first kappa shape index (κ1) is 15.4. The van der Waals surface area contributed by atoms with Gasteiger partial charge in [-0.2, -0.15) is 0 Å². The average molecular weight is 269 g/mol. The van der Waals surface area contributed by atoms with Crippen LogP contribution in [0.1, 0.15) is 64.9 Å². The van der Waals surface area contributed by atoms with Gasteiger partial charge in [0.15, 0.2) is 0 Å². The second-order valence-electron chi connectivity index (χ2n) is 5.43. The molecular formula is C16H25ClO. The lowest BCUT2D eigenvalue weighted by Crippen LogP contribution is -2.21. The summed E-state index contributed by atoms with van der Waals surface area (Å²) >= 11 is 6.03. The van der Waals surface area contributed by atoms with Gasteiger partial charge in [-0.05, 0) is 36.0 Å². The third kappa shape index (κ3) is 3.91. The van der Waals surface area contributed by atoms with Crippen molar-refractivity contribution in [2.24, 2.45) is 0 Å². The molecule has 2 heteroatoms. The van der Waals surface area contributed by atoms with Gasteiger partial charge in [-0.15, -0.1) is 0 Å². The summed E-state index contributed by atoms with van der Waals surface area (Å²) in [5.74, 6) is 0.174. The molecule has 102 valence electrons. The van der Waals surface area contributed by atoms with Gasteiger partial charge in [-0.3, -0.25) is 0 Å². The Morgan fingerprint density at radius 1 is 1.11 bits per heavy atom. The first-order valence-corrected chi connectivity index (χ1v) is 7.40. The molecular weight excluding hydrogens is 244 g/mol. The van der Waals surface area contributed by atoms with E-state index in [0.717, 1.165) is 6.42 Å². The number of benzene rings is 1. The Bertz CT molecular complexity index is 375. The Labute approximate surface area is 116 Å². The third-order valence-electron chi connectivity index (χ3n) is 3.78. The van der Waals surface area contributed by atoms with Crippen LogP contribution in [0, 0.1) is 0 Å². The van der Waals surface area contributed by atoms with Crippen LogP contribution in [0.3, 0.4) is 0 Å². The molecule has 0 spiro atoms. The average Bonchev–Trinajstić information content (AvgIpc) is 2.33. The smallest absolute Gasteiger partial charge is 0.134 e. The van der Waals surface area contributed by atoms with E-state index in [-0.39, 0.29) is 11.2 Å². The zero-order valence-electron chi connectivity index (χ0n) is 11.8. The van der Waals surface area contributed by atoms with Gasteiger partial charge in [0.2, 0.25) is 0 Å². The third-order valence-corrected chi connectivity index (χ3v) is 4.08. The van der Waals surface area contributed by atoms with Gasteiger partial charge in [0.05, 0.1) is 5.02 Å². The number of halogens is 1. The minimum atomic E-state index is 0.174. The molecule has 0 saturated heterocycles. The maximum atomic E-state index is 9.52. The predicted molar refractivity (Wildman–Crippen MR) is 79.5 cm³/mol. The fourth-order valence-electron chi connectivity index (χ4n) is 2.61. The van der Waals surface area contributed by atoms with E-state index in [0.29, 0.717) is 5.02 Å². The monoisotopic (exact) mass is 268 g/mol. The topological polar surface area (TPSA) is 20.2 Å². The second kappa shape index (κ2) is 7.04. The Hall–Kier alpha value is -0.690. The number of rotatable bonds is 7. The van der Waals surface area contributed by atoms with Crippen LogP contribution in [0.4, 0.5) is 0 Å². The number of phenolic OH excluding ortho intramolecular Hbond substituents is 1. The minimum Gasteiger partial charge on any atom is -0.506 e. The molecule has 1 nitrogen and oxygen atoms in total. The molecule has 0 aliphatic carbocycles. The van der Waals surface area contributed by atoms with Gasteiger partial charge in [0, 0.05) is 0 Å². The lowest BCUT2D eigenvalue weighted by Gasteiger charge is -2.30. The molecule has 0 heterocycles. The van der Waals surface area contributed by atoms with Crippen LogP contribution in [0.15, 0.2) is 18.2 Å². The molecule has 1 N–H and O–H groups in total. The van der Waals surface area contributed by atoms with E-state index in [9.17, 15) is 5.11 Å². The molecule has 0 aliphatic heterocycles. The summed E-state index contributed by atoms with van der Waals surface area (Å²) in [5, 5.41) is 9.98. The molecule has 0 fully saturated rings. The Morgan fingerprint density at radius 3 is 2.39 bits per heavy atom. The van der Waals surface area contributed by atoms with E-state index in [4.69, 9.17) is 11.6 Å². The van der Waals surface area contributed by atoms with Gasteiger partial charge in [0.1, 0.15) is 5.75 Å². The van der Waals surface area contributed by atoms with Crippen molar-refractivity contribution in [1.82, 2.24) is 0 Å². The Kier molecular flexibility index (Phi) is 6.01. The van der Waals surface area contributed by atoms with Crippen LogP contribution in [0.5, 0.6) is 5.75 Å². The number of aromatic hydroxyl groups is 1. The molecule has 1 aromatic carbocycles. The predicted octanol–water partition coefficient (Wildman–Crippen LogP) is 5.68. The van der Waals surface area contributed by atoms with Crippen LogP contribution in [0.2, 0.25) is 5.02 Å². The van der Waals surface area contributed by atoms with Crippen molar-refractivity contribution < 1.29 is 5.11 Å². The first-order chi connectivity index (χ1) is 8.53. The summed E-state index contributed by atoms with van der Waals surface area (Å²) in [7, 11) is 0. The molecule has 0 bridgehead atoms. The zero-order chi connectivity index (χ0) is 13.6. The molecule has 0 radical (unpaired) electrons. The molecule has 0 aromatic heterocycles. The molecule has 0 aliphatic rings. The quantitative estimate of drug-likeness (QED) is 0.631. The van der Waals surface area contributed by atoms with Crippen molar-refractivity contribution in [1.29, 1.82) is 0 Å². The molecule has 1 rings (SSSR count). The fourth-order valence-corrected chi connectivity index (χ4v) is 2.79. The lowest BCUT2D eigenvalue weighted by molar-refractivity contribution is 0.378. The molecule has 0 amide bonds. The van der Waals surface area contributed by atoms with Crippen molar-refractivity contribution in [2.45, 2.75) is 64.7 Å². The molecule has 0 saturated carbocycles. The van der Waals surface area contributed by atoms with Gasteiger partial charge in [-0.1, -0.05) is 64.1 Å². The minimum absolute atomic E-state index is 0.174. The first-order valence-electron chi connectivity index (χ1n) is 7.02. The second-order valence-corrected chi connectivity index (χ2v) is 5.84. The maximum Gasteiger partial charge on any atom is 0.134 e. The standard InChI is InChI=1S/C16H25ClO/c1-4-6-7-11-16(3,10-5-2)13-8-9-15(18)14(17)12-13/h8-9,12,18H,4-7,10-11H2,1-3H3. The summed E-state index contributed by atoms with van der Waals surface area (Å²) in [6, 6.07) is 5.66. The van der Waals surface area contributed by atoms with E-state index >= 15 is 0 Å². The van der Waals surface area contributed by atoms with Gasteiger partial charge >= 0.3 is 0 Å². The van der Waals surface area contributed by atoms with Crippen LogP contribution in [0.25, 0.3) is 0 Å². The van der Waals surface area contributed by atoms with E-state index in [1.807, 2.05) is 12.1 Å². The largest absolute Gasteiger partial charge is 0.506 e.